The molecule has 82 valence electrons. The monoisotopic (exact) mass is 247 g/mol. The first-order valence-corrected chi connectivity index (χ1v) is 5.04. The summed E-state index contributed by atoms with van der Waals surface area (Å²) < 4.78 is 0. The molecular formula is C10H11Cl2NO2. The maximum atomic E-state index is 11.1. The zero-order valence-electron chi connectivity index (χ0n) is 8.37. The van der Waals surface area contributed by atoms with E-state index in [0.29, 0.717) is 15.6 Å². The van der Waals surface area contributed by atoms with Crippen molar-refractivity contribution in [1.82, 2.24) is 4.90 Å². The number of carboxylic acids is 1. The summed E-state index contributed by atoms with van der Waals surface area (Å²) in [7, 11) is 3.33. The molecule has 1 aromatic rings. The smallest absolute Gasteiger partial charge is 0.325 e. The van der Waals surface area contributed by atoms with Crippen molar-refractivity contribution in [2.24, 2.45) is 0 Å². The van der Waals surface area contributed by atoms with Crippen LogP contribution in [0.25, 0.3) is 0 Å². The van der Waals surface area contributed by atoms with Crippen LogP contribution in [0, 0.1) is 0 Å². The molecule has 0 radical (unpaired) electrons. The van der Waals surface area contributed by atoms with Gasteiger partial charge in [-0.05, 0) is 26.2 Å². The van der Waals surface area contributed by atoms with Crippen molar-refractivity contribution >= 4 is 29.2 Å². The van der Waals surface area contributed by atoms with Crippen molar-refractivity contribution in [3.8, 4) is 0 Å². The second-order valence-corrected chi connectivity index (χ2v) is 4.15. The molecule has 0 bridgehead atoms. The Kier molecular flexibility index (Phi) is 3.97. The Bertz CT molecular complexity index is 359. The first kappa shape index (κ1) is 12.3. The summed E-state index contributed by atoms with van der Waals surface area (Å²) in [5, 5.41) is 9.82. The number of aliphatic carboxylic acids is 1. The topological polar surface area (TPSA) is 40.5 Å². The minimum atomic E-state index is -0.977. The highest BCUT2D eigenvalue weighted by molar-refractivity contribution is 6.36. The van der Waals surface area contributed by atoms with Gasteiger partial charge in [0, 0.05) is 15.6 Å². The molecule has 0 aliphatic carbocycles. The van der Waals surface area contributed by atoms with E-state index in [2.05, 4.69) is 0 Å². The highest BCUT2D eigenvalue weighted by atomic mass is 35.5. The molecule has 0 aromatic heterocycles. The van der Waals surface area contributed by atoms with E-state index < -0.39 is 12.0 Å². The number of hydrogen-bond donors (Lipinski definition) is 1. The van der Waals surface area contributed by atoms with Gasteiger partial charge < -0.3 is 5.11 Å². The third-order valence-electron chi connectivity index (χ3n) is 2.02. The Balaban J connectivity index is 3.28. The van der Waals surface area contributed by atoms with Crippen molar-refractivity contribution in [1.29, 1.82) is 0 Å². The highest BCUT2D eigenvalue weighted by Gasteiger charge is 2.26. The number of rotatable bonds is 3. The first-order chi connectivity index (χ1) is 6.95. The lowest BCUT2D eigenvalue weighted by Crippen LogP contribution is -2.27. The molecule has 3 nitrogen and oxygen atoms in total. The van der Waals surface area contributed by atoms with Gasteiger partial charge in [-0.15, -0.1) is 0 Å². The fourth-order valence-corrected chi connectivity index (χ4v) is 1.98. The Morgan fingerprint density at radius 3 is 2.13 bits per heavy atom. The Hall–Kier alpha value is -0.770. The molecule has 0 amide bonds. The maximum absolute atomic E-state index is 11.1. The van der Waals surface area contributed by atoms with E-state index in [4.69, 9.17) is 28.3 Å². The molecule has 15 heavy (non-hydrogen) atoms. The molecule has 1 N–H and O–H groups in total. The number of hydrogen-bond acceptors (Lipinski definition) is 2. The van der Waals surface area contributed by atoms with Gasteiger partial charge in [0.25, 0.3) is 0 Å². The van der Waals surface area contributed by atoms with E-state index in [1.807, 2.05) is 0 Å². The maximum Gasteiger partial charge on any atom is 0.325 e. The van der Waals surface area contributed by atoms with Gasteiger partial charge in [-0.1, -0.05) is 29.3 Å². The van der Waals surface area contributed by atoms with Gasteiger partial charge in [-0.25, -0.2) is 0 Å². The molecule has 1 rings (SSSR count). The third-order valence-corrected chi connectivity index (χ3v) is 2.68. The van der Waals surface area contributed by atoms with Crippen LogP contribution in [-0.2, 0) is 4.79 Å². The lowest BCUT2D eigenvalue weighted by molar-refractivity contribution is -0.142. The third kappa shape index (κ3) is 2.62. The van der Waals surface area contributed by atoms with Crippen LogP contribution >= 0.6 is 23.2 Å². The predicted octanol–water partition coefficient (Wildman–Crippen LogP) is 2.68. The lowest BCUT2D eigenvalue weighted by Gasteiger charge is -2.22. The summed E-state index contributed by atoms with van der Waals surface area (Å²) in [6, 6.07) is 4.11. The van der Waals surface area contributed by atoms with Crippen molar-refractivity contribution < 1.29 is 9.90 Å². The summed E-state index contributed by atoms with van der Waals surface area (Å²) in [4.78, 5) is 12.6. The van der Waals surface area contributed by atoms with E-state index in [1.54, 1.807) is 37.2 Å². The standard InChI is InChI=1S/C10H11Cl2NO2/c1-13(2)9(10(14)15)8-6(11)4-3-5-7(8)12/h3-5,9H,1-2H3,(H,14,15)/t9-/m0/s1. The number of nitrogens with zero attached hydrogens (tertiary/aromatic N) is 1. The first-order valence-electron chi connectivity index (χ1n) is 4.28. The van der Waals surface area contributed by atoms with E-state index in [-0.39, 0.29) is 0 Å². The minimum Gasteiger partial charge on any atom is -0.480 e. The molecule has 0 aliphatic heterocycles. The fourth-order valence-electron chi connectivity index (χ4n) is 1.37. The van der Waals surface area contributed by atoms with Crippen molar-refractivity contribution in [3.05, 3.63) is 33.8 Å². The van der Waals surface area contributed by atoms with E-state index in [1.165, 1.54) is 0 Å². The molecule has 0 unspecified atom stereocenters. The predicted molar refractivity (Wildman–Crippen MR) is 60.5 cm³/mol. The average molecular weight is 248 g/mol. The number of likely N-dealkylation sites (N-methyl/N-ethyl adjacent to an activating group) is 1. The summed E-state index contributed by atoms with van der Waals surface area (Å²) in [6.07, 6.45) is 0. The molecule has 1 atom stereocenters. The largest absolute Gasteiger partial charge is 0.480 e. The summed E-state index contributed by atoms with van der Waals surface area (Å²) in [5.41, 5.74) is 0.429. The zero-order chi connectivity index (χ0) is 11.6. The second-order valence-electron chi connectivity index (χ2n) is 3.34. The van der Waals surface area contributed by atoms with E-state index in [9.17, 15) is 4.79 Å². The van der Waals surface area contributed by atoms with Gasteiger partial charge in [0.15, 0.2) is 0 Å². The van der Waals surface area contributed by atoms with Gasteiger partial charge in [0.2, 0.25) is 0 Å². The summed E-state index contributed by atoms with van der Waals surface area (Å²) >= 11 is 11.9. The molecule has 0 saturated carbocycles. The van der Waals surface area contributed by atoms with Gasteiger partial charge in [0.1, 0.15) is 6.04 Å². The highest BCUT2D eigenvalue weighted by Crippen LogP contribution is 2.32. The van der Waals surface area contributed by atoms with Crippen molar-refractivity contribution in [2.45, 2.75) is 6.04 Å². The number of carboxylic acid groups (broad SMARTS) is 1. The van der Waals surface area contributed by atoms with Crippen LogP contribution in [0.2, 0.25) is 10.0 Å². The van der Waals surface area contributed by atoms with Crippen LogP contribution in [0.15, 0.2) is 18.2 Å². The molecule has 0 heterocycles. The molecule has 0 fully saturated rings. The lowest BCUT2D eigenvalue weighted by atomic mass is 10.1. The van der Waals surface area contributed by atoms with Gasteiger partial charge in [0.05, 0.1) is 0 Å². The molecule has 5 heteroatoms. The van der Waals surface area contributed by atoms with Crippen LogP contribution in [0.4, 0.5) is 0 Å². The summed E-state index contributed by atoms with van der Waals surface area (Å²) in [5.74, 6) is -0.977. The number of benzene rings is 1. The number of halogens is 2. The van der Waals surface area contributed by atoms with Crippen LogP contribution in [0.5, 0.6) is 0 Å². The average Bonchev–Trinajstić information content (AvgIpc) is 2.09. The second kappa shape index (κ2) is 4.84. The van der Waals surface area contributed by atoms with Crippen LogP contribution < -0.4 is 0 Å². The number of carbonyl (C=O) groups is 1. The molecule has 0 spiro atoms. The normalized spacial score (nSPS) is 12.9. The van der Waals surface area contributed by atoms with Crippen LogP contribution in [0.3, 0.4) is 0 Å². The van der Waals surface area contributed by atoms with Gasteiger partial charge >= 0.3 is 5.97 Å². The van der Waals surface area contributed by atoms with Crippen LogP contribution in [0.1, 0.15) is 11.6 Å². The SMILES string of the molecule is CN(C)[C@H](C(=O)O)c1c(Cl)cccc1Cl. The Labute approximate surface area is 98.2 Å². The quantitative estimate of drug-likeness (QED) is 0.893. The van der Waals surface area contributed by atoms with Crippen LogP contribution in [-0.4, -0.2) is 30.1 Å². The van der Waals surface area contributed by atoms with E-state index in [0.717, 1.165) is 0 Å². The zero-order valence-corrected chi connectivity index (χ0v) is 9.88. The molecule has 1 aromatic carbocycles. The fraction of sp³-hybridized carbons (Fsp3) is 0.300. The molecule has 0 aliphatic rings. The van der Waals surface area contributed by atoms with Crippen molar-refractivity contribution in [2.75, 3.05) is 14.1 Å². The minimum absolute atomic E-state index is 0.364. The van der Waals surface area contributed by atoms with Gasteiger partial charge in [-0.3, -0.25) is 9.69 Å². The summed E-state index contributed by atoms with van der Waals surface area (Å²) in [6.45, 7) is 0. The Morgan fingerprint density at radius 1 is 1.33 bits per heavy atom. The van der Waals surface area contributed by atoms with E-state index >= 15 is 0 Å². The van der Waals surface area contributed by atoms with Crippen molar-refractivity contribution in [3.63, 3.8) is 0 Å². The molecular weight excluding hydrogens is 237 g/mol. The Morgan fingerprint density at radius 2 is 1.80 bits per heavy atom. The molecule has 0 saturated heterocycles. The van der Waals surface area contributed by atoms with Gasteiger partial charge in [-0.2, -0.15) is 0 Å².